The highest BCUT2D eigenvalue weighted by molar-refractivity contribution is 6.16. The highest BCUT2D eigenvalue weighted by Gasteiger charge is 2.17. The van der Waals surface area contributed by atoms with Crippen LogP contribution in [-0.2, 0) is 10.7 Å². The first kappa shape index (κ1) is 10.9. The summed E-state index contributed by atoms with van der Waals surface area (Å²) in [5.74, 6) is -0.805. The van der Waals surface area contributed by atoms with E-state index in [1.165, 1.54) is 12.1 Å². The second-order valence-corrected chi connectivity index (χ2v) is 3.48. The molecule has 84 valence electrons. The van der Waals surface area contributed by atoms with Crippen molar-refractivity contribution in [3.8, 4) is 0 Å². The van der Waals surface area contributed by atoms with Crippen molar-refractivity contribution in [1.82, 2.24) is 4.98 Å². The van der Waals surface area contributed by atoms with E-state index in [-0.39, 0.29) is 11.4 Å². The molecule has 1 heterocycles. The lowest BCUT2D eigenvalue weighted by Crippen LogP contribution is -2.09. The number of aliphatic carboxylic acids is 1. The Balaban J connectivity index is 2.46. The van der Waals surface area contributed by atoms with Gasteiger partial charge in [0.2, 0.25) is 5.89 Å². The average Bonchev–Trinajstić information content (AvgIpc) is 2.69. The Morgan fingerprint density at radius 1 is 1.56 bits per heavy atom. The van der Waals surface area contributed by atoms with Crippen LogP contribution in [0.25, 0.3) is 11.1 Å². The Bertz CT molecular complexity index is 537. The van der Waals surface area contributed by atoms with Crippen LogP contribution < -0.4 is 0 Å². The number of aliphatic hydroxyl groups is 1. The smallest absolute Gasteiger partial charge is 0.337 e. The quantitative estimate of drug-likeness (QED) is 0.799. The van der Waals surface area contributed by atoms with E-state index in [0.717, 1.165) is 0 Å². The monoisotopic (exact) mass is 241 g/mol. The first-order valence-corrected chi connectivity index (χ1v) is 5.01. The number of nitrogens with zero attached hydrogens (tertiary/aromatic N) is 1. The average molecular weight is 242 g/mol. The second-order valence-electron chi connectivity index (χ2n) is 3.21. The van der Waals surface area contributed by atoms with E-state index in [9.17, 15) is 9.90 Å². The zero-order chi connectivity index (χ0) is 11.7. The number of halogens is 1. The van der Waals surface area contributed by atoms with Crippen molar-refractivity contribution in [2.24, 2.45) is 0 Å². The maximum atomic E-state index is 10.6. The van der Waals surface area contributed by atoms with Gasteiger partial charge in [-0.05, 0) is 17.7 Å². The van der Waals surface area contributed by atoms with Crippen molar-refractivity contribution in [3.05, 3.63) is 29.7 Å². The number of hydrogen-bond donors (Lipinski definition) is 2. The van der Waals surface area contributed by atoms with E-state index < -0.39 is 12.1 Å². The summed E-state index contributed by atoms with van der Waals surface area (Å²) in [5, 5.41) is 18.0. The van der Waals surface area contributed by atoms with Gasteiger partial charge in [-0.25, -0.2) is 9.78 Å². The lowest BCUT2D eigenvalue weighted by molar-refractivity contribution is -0.146. The number of carboxylic acid groups (broad SMARTS) is 1. The zero-order valence-electron chi connectivity index (χ0n) is 8.05. The zero-order valence-corrected chi connectivity index (χ0v) is 8.81. The summed E-state index contributed by atoms with van der Waals surface area (Å²) in [6.07, 6.45) is -1.56. The molecule has 2 aromatic rings. The molecule has 0 aliphatic carbocycles. The minimum absolute atomic E-state index is 0.144. The molecular weight excluding hydrogens is 234 g/mol. The summed E-state index contributed by atoms with van der Waals surface area (Å²) >= 11 is 5.55. The fourth-order valence-corrected chi connectivity index (χ4v) is 1.47. The number of benzene rings is 1. The third-order valence-electron chi connectivity index (χ3n) is 2.12. The van der Waals surface area contributed by atoms with Crippen molar-refractivity contribution >= 4 is 28.7 Å². The van der Waals surface area contributed by atoms with Crippen LogP contribution in [0.4, 0.5) is 0 Å². The van der Waals surface area contributed by atoms with E-state index in [4.69, 9.17) is 21.1 Å². The summed E-state index contributed by atoms with van der Waals surface area (Å²) in [4.78, 5) is 14.6. The van der Waals surface area contributed by atoms with Crippen LogP contribution in [0, 0.1) is 0 Å². The fraction of sp³-hybridized carbons (Fsp3) is 0.200. The molecule has 0 saturated heterocycles. The van der Waals surface area contributed by atoms with Crippen molar-refractivity contribution in [1.29, 1.82) is 0 Å². The lowest BCUT2D eigenvalue weighted by atomic mass is 10.1. The molecule has 6 heteroatoms. The third-order valence-corrected chi connectivity index (χ3v) is 2.35. The van der Waals surface area contributed by atoms with Gasteiger partial charge in [0.15, 0.2) is 11.7 Å². The van der Waals surface area contributed by atoms with Gasteiger partial charge in [0.25, 0.3) is 0 Å². The van der Waals surface area contributed by atoms with Crippen LogP contribution in [0.5, 0.6) is 0 Å². The standard InChI is InChI=1S/C10H8ClNO4/c11-4-8-12-6-2-1-5(3-7(6)16-8)9(13)10(14)15/h1-3,9,13H,4H2,(H,14,15). The van der Waals surface area contributed by atoms with Gasteiger partial charge in [-0.15, -0.1) is 11.6 Å². The normalized spacial score (nSPS) is 12.9. The largest absolute Gasteiger partial charge is 0.479 e. The molecule has 0 fully saturated rings. The van der Waals surface area contributed by atoms with Crippen molar-refractivity contribution in [2.75, 3.05) is 0 Å². The molecule has 0 radical (unpaired) electrons. The van der Waals surface area contributed by atoms with E-state index in [0.29, 0.717) is 17.0 Å². The van der Waals surface area contributed by atoms with E-state index in [1.54, 1.807) is 6.07 Å². The summed E-state index contributed by atoms with van der Waals surface area (Å²) in [7, 11) is 0. The molecule has 5 nitrogen and oxygen atoms in total. The van der Waals surface area contributed by atoms with Crippen molar-refractivity contribution < 1.29 is 19.4 Å². The SMILES string of the molecule is O=C(O)C(O)c1ccc2nc(CCl)oc2c1. The maximum absolute atomic E-state index is 10.6. The molecule has 1 aromatic heterocycles. The third kappa shape index (κ3) is 1.87. The van der Waals surface area contributed by atoms with Gasteiger partial charge in [0.05, 0.1) is 5.88 Å². The number of aromatic nitrogens is 1. The van der Waals surface area contributed by atoms with Gasteiger partial charge < -0.3 is 14.6 Å². The first-order chi connectivity index (χ1) is 7.61. The predicted octanol–water partition coefficient (Wildman–Crippen LogP) is 1.68. The number of hydrogen-bond acceptors (Lipinski definition) is 4. The van der Waals surface area contributed by atoms with E-state index >= 15 is 0 Å². The van der Waals surface area contributed by atoms with Crippen molar-refractivity contribution in [3.63, 3.8) is 0 Å². The van der Waals surface area contributed by atoms with Crippen LogP contribution in [0.2, 0.25) is 0 Å². The van der Waals surface area contributed by atoms with Gasteiger partial charge in [-0.1, -0.05) is 6.07 Å². The Morgan fingerprint density at radius 2 is 2.31 bits per heavy atom. The number of carboxylic acids is 1. The molecule has 2 N–H and O–H groups in total. The maximum Gasteiger partial charge on any atom is 0.337 e. The van der Waals surface area contributed by atoms with E-state index in [2.05, 4.69) is 4.98 Å². The lowest BCUT2D eigenvalue weighted by Gasteiger charge is -2.03. The predicted molar refractivity (Wildman–Crippen MR) is 56.2 cm³/mol. The van der Waals surface area contributed by atoms with Gasteiger partial charge in [0.1, 0.15) is 5.52 Å². The highest BCUT2D eigenvalue weighted by Crippen LogP contribution is 2.22. The molecule has 1 unspecified atom stereocenters. The van der Waals surface area contributed by atoms with E-state index in [1.807, 2.05) is 0 Å². The van der Waals surface area contributed by atoms with Crippen LogP contribution in [0.15, 0.2) is 22.6 Å². The molecular formula is C10H8ClNO4. The molecule has 0 bridgehead atoms. The topological polar surface area (TPSA) is 83.6 Å². The summed E-state index contributed by atoms with van der Waals surface area (Å²) < 4.78 is 5.24. The Hall–Kier alpha value is -1.59. The Labute approximate surface area is 95.3 Å². The fourth-order valence-electron chi connectivity index (χ4n) is 1.36. The van der Waals surface area contributed by atoms with Crippen molar-refractivity contribution in [2.45, 2.75) is 12.0 Å². The molecule has 2 rings (SSSR count). The number of aliphatic hydroxyl groups excluding tert-OH is 1. The van der Waals surface area contributed by atoms with Gasteiger partial charge in [-0.3, -0.25) is 0 Å². The Kier molecular flexibility index (Phi) is 2.80. The number of carbonyl (C=O) groups is 1. The molecule has 16 heavy (non-hydrogen) atoms. The number of fused-ring (bicyclic) bond motifs is 1. The van der Waals surface area contributed by atoms with Gasteiger partial charge in [0, 0.05) is 0 Å². The minimum atomic E-state index is -1.56. The molecule has 0 spiro atoms. The number of oxazole rings is 1. The second kappa shape index (κ2) is 4.11. The van der Waals surface area contributed by atoms with Crippen LogP contribution in [-0.4, -0.2) is 21.2 Å². The molecule has 0 amide bonds. The number of alkyl halides is 1. The summed E-state index contributed by atoms with van der Waals surface area (Å²) in [6, 6.07) is 4.51. The molecule has 0 saturated carbocycles. The first-order valence-electron chi connectivity index (χ1n) is 4.48. The van der Waals surface area contributed by atoms with Gasteiger partial charge >= 0.3 is 5.97 Å². The van der Waals surface area contributed by atoms with Crippen LogP contribution in [0.1, 0.15) is 17.6 Å². The highest BCUT2D eigenvalue weighted by atomic mass is 35.5. The summed E-state index contributed by atoms with van der Waals surface area (Å²) in [5.41, 5.74) is 1.24. The molecule has 0 aliphatic rings. The Morgan fingerprint density at radius 3 is 2.94 bits per heavy atom. The minimum Gasteiger partial charge on any atom is -0.479 e. The van der Waals surface area contributed by atoms with Gasteiger partial charge in [-0.2, -0.15) is 0 Å². The van der Waals surface area contributed by atoms with Crippen LogP contribution >= 0.6 is 11.6 Å². The molecule has 1 atom stereocenters. The number of rotatable bonds is 3. The summed E-state index contributed by atoms with van der Waals surface area (Å²) in [6.45, 7) is 0. The molecule has 0 aliphatic heterocycles. The molecule has 1 aromatic carbocycles. The van der Waals surface area contributed by atoms with Crippen LogP contribution in [0.3, 0.4) is 0 Å².